The predicted molar refractivity (Wildman–Crippen MR) is 54.8 cm³/mol. The Labute approximate surface area is 84.5 Å². The molecular weight excluding hydrogens is 176 g/mol. The quantitative estimate of drug-likeness (QED) is 0.777. The largest absolute Gasteiger partial charge is 0.328 e. The van der Waals surface area contributed by atoms with E-state index in [9.17, 15) is 0 Å². The lowest BCUT2D eigenvalue weighted by atomic mass is 9.79. The zero-order chi connectivity index (χ0) is 10.1. The summed E-state index contributed by atoms with van der Waals surface area (Å²) in [5.74, 6) is 2.88. The van der Waals surface area contributed by atoms with E-state index in [0.29, 0.717) is 6.04 Å². The molecule has 0 aliphatic heterocycles. The number of hydrogen-bond donors (Lipinski definition) is 1. The minimum absolute atomic E-state index is 0.430. The van der Waals surface area contributed by atoms with Crippen LogP contribution < -0.4 is 5.73 Å². The van der Waals surface area contributed by atoms with E-state index >= 15 is 0 Å². The lowest BCUT2D eigenvalue weighted by molar-refractivity contribution is 0.258. The Morgan fingerprint density at radius 3 is 2.71 bits per heavy atom. The van der Waals surface area contributed by atoms with Crippen LogP contribution in [0.2, 0.25) is 0 Å². The van der Waals surface area contributed by atoms with Crippen LogP contribution in [0.1, 0.15) is 31.4 Å². The number of aromatic nitrogens is 3. The van der Waals surface area contributed by atoms with Gasteiger partial charge in [0.1, 0.15) is 11.6 Å². The molecule has 0 amide bonds. The standard InChI is InChI=1S/C10H18N4/c1-3-14-7(2)12-13-10(14)6-8-4-9(11)5-8/h8-9H,3-6,11H2,1-2H3. The van der Waals surface area contributed by atoms with E-state index < -0.39 is 0 Å². The van der Waals surface area contributed by atoms with Crippen molar-refractivity contribution in [3.05, 3.63) is 11.6 Å². The van der Waals surface area contributed by atoms with Crippen molar-refractivity contribution in [1.29, 1.82) is 0 Å². The molecule has 1 aliphatic carbocycles. The van der Waals surface area contributed by atoms with E-state index in [1.54, 1.807) is 0 Å². The van der Waals surface area contributed by atoms with E-state index in [-0.39, 0.29) is 0 Å². The molecule has 0 aromatic carbocycles. The molecule has 0 radical (unpaired) electrons. The topological polar surface area (TPSA) is 56.7 Å². The maximum Gasteiger partial charge on any atom is 0.133 e. The molecule has 0 spiro atoms. The first-order valence-corrected chi connectivity index (χ1v) is 5.35. The number of nitrogens with zero attached hydrogens (tertiary/aromatic N) is 3. The molecule has 14 heavy (non-hydrogen) atoms. The summed E-state index contributed by atoms with van der Waals surface area (Å²) in [6.07, 6.45) is 3.34. The number of hydrogen-bond acceptors (Lipinski definition) is 3. The summed E-state index contributed by atoms with van der Waals surface area (Å²) < 4.78 is 2.18. The minimum Gasteiger partial charge on any atom is -0.328 e. The summed E-state index contributed by atoms with van der Waals surface area (Å²) in [5, 5.41) is 8.31. The zero-order valence-corrected chi connectivity index (χ0v) is 8.90. The highest BCUT2D eigenvalue weighted by atomic mass is 15.3. The van der Waals surface area contributed by atoms with Crippen LogP contribution in [-0.2, 0) is 13.0 Å². The summed E-state index contributed by atoms with van der Waals surface area (Å²) in [6, 6.07) is 0.430. The van der Waals surface area contributed by atoms with E-state index in [1.807, 2.05) is 6.92 Å². The van der Waals surface area contributed by atoms with Crippen molar-refractivity contribution in [3.8, 4) is 0 Å². The lowest BCUT2D eigenvalue weighted by Crippen LogP contribution is -2.37. The molecule has 1 aliphatic rings. The van der Waals surface area contributed by atoms with Crippen LogP contribution in [0, 0.1) is 12.8 Å². The van der Waals surface area contributed by atoms with Crippen LogP contribution in [0.3, 0.4) is 0 Å². The summed E-state index contributed by atoms with van der Waals surface area (Å²) in [6.45, 7) is 5.10. The fraction of sp³-hybridized carbons (Fsp3) is 0.800. The number of rotatable bonds is 3. The normalized spacial score (nSPS) is 26.2. The SMILES string of the molecule is CCn1c(C)nnc1CC1CC(N)C1. The van der Waals surface area contributed by atoms with Crippen molar-refractivity contribution < 1.29 is 0 Å². The Morgan fingerprint density at radius 2 is 2.14 bits per heavy atom. The van der Waals surface area contributed by atoms with E-state index in [2.05, 4.69) is 21.7 Å². The molecule has 1 aromatic heterocycles. The molecule has 4 nitrogen and oxygen atoms in total. The van der Waals surface area contributed by atoms with Gasteiger partial charge in [-0.05, 0) is 32.6 Å². The molecule has 0 bridgehead atoms. The molecule has 2 rings (SSSR count). The molecule has 0 unspecified atom stereocenters. The molecule has 1 saturated carbocycles. The first-order valence-electron chi connectivity index (χ1n) is 5.35. The zero-order valence-electron chi connectivity index (χ0n) is 8.90. The van der Waals surface area contributed by atoms with Gasteiger partial charge in [0, 0.05) is 19.0 Å². The first-order chi connectivity index (χ1) is 6.70. The number of nitrogens with two attached hydrogens (primary N) is 1. The Balaban J connectivity index is 2.02. The summed E-state index contributed by atoms with van der Waals surface area (Å²) in [5.41, 5.74) is 5.76. The molecule has 0 saturated heterocycles. The van der Waals surface area contributed by atoms with Gasteiger partial charge in [-0.25, -0.2) is 0 Å². The van der Waals surface area contributed by atoms with Crippen LogP contribution in [-0.4, -0.2) is 20.8 Å². The average Bonchev–Trinajstić information content (AvgIpc) is 2.44. The third-order valence-corrected chi connectivity index (χ3v) is 3.07. The van der Waals surface area contributed by atoms with Crippen LogP contribution >= 0.6 is 0 Å². The van der Waals surface area contributed by atoms with Crippen molar-refractivity contribution in [1.82, 2.24) is 14.8 Å². The predicted octanol–water partition coefficient (Wildman–Crippen LogP) is 0.886. The first kappa shape index (κ1) is 9.65. The molecule has 4 heteroatoms. The van der Waals surface area contributed by atoms with Crippen molar-refractivity contribution >= 4 is 0 Å². The molecule has 1 aromatic rings. The monoisotopic (exact) mass is 194 g/mol. The Kier molecular flexibility index (Phi) is 2.54. The fourth-order valence-electron chi connectivity index (χ4n) is 2.20. The molecule has 78 valence electrons. The van der Waals surface area contributed by atoms with Gasteiger partial charge in [-0.2, -0.15) is 0 Å². The van der Waals surface area contributed by atoms with Crippen molar-refractivity contribution in [2.75, 3.05) is 0 Å². The summed E-state index contributed by atoms with van der Waals surface area (Å²) >= 11 is 0. The summed E-state index contributed by atoms with van der Waals surface area (Å²) in [4.78, 5) is 0. The molecular formula is C10H18N4. The van der Waals surface area contributed by atoms with Gasteiger partial charge in [-0.3, -0.25) is 0 Å². The second kappa shape index (κ2) is 3.69. The second-order valence-electron chi connectivity index (χ2n) is 4.21. The number of aryl methyl sites for hydroxylation is 1. The van der Waals surface area contributed by atoms with Gasteiger partial charge in [-0.15, -0.1) is 10.2 Å². The highest BCUT2D eigenvalue weighted by molar-refractivity contribution is 4.98. The van der Waals surface area contributed by atoms with E-state index in [0.717, 1.165) is 43.4 Å². The Bertz CT molecular complexity index is 312. The highest BCUT2D eigenvalue weighted by Gasteiger charge is 2.27. The van der Waals surface area contributed by atoms with Crippen LogP contribution in [0.15, 0.2) is 0 Å². The summed E-state index contributed by atoms with van der Waals surface area (Å²) in [7, 11) is 0. The van der Waals surface area contributed by atoms with Gasteiger partial charge in [-0.1, -0.05) is 0 Å². The third kappa shape index (κ3) is 1.66. The smallest absolute Gasteiger partial charge is 0.133 e. The lowest BCUT2D eigenvalue weighted by Gasteiger charge is -2.32. The third-order valence-electron chi connectivity index (χ3n) is 3.07. The maximum absolute atomic E-state index is 5.76. The maximum atomic E-state index is 5.76. The average molecular weight is 194 g/mol. The van der Waals surface area contributed by atoms with E-state index in [1.165, 1.54) is 0 Å². The van der Waals surface area contributed by atoms with Gasteiger partial charge >= 0.3 is 0 Å². The Hall–Kier alpha value is -0.900. The van der Waals surface area contributed by atoms with E-state index in [4.69, 9.17) is 5.73 Å². The fourth-order valence-corrected chi connectivity index (χ4v) is 2.20. The van der Waals surface area contributed by atoms with Gasteiger partial charge in [0.25, 0.3) is 0 Å². The molecule has 1 heterocycles. The van der Waals surface area contributed by atoms with Crippen LogP contribution in [0.4, 0.5) is 0 Å². The van der Waals surface area contributed by atoms with Crippen molar-refractivity contribution in [2.24, 2.45) is 11.7 Å². The molecule has 1 fully saturated rings. The van der Waals surface area contributed by atoms with Crippen LogP contribution in [0.5, 0.6) is 0 Å². The van der Waals surface area contributed by atoms with Gasteiger partial charge < -0.3 is 10.3 Å². The van der Waals surface area contributed by atoms with Gasteiger partial charge in [0.05, 0.1) is 0 Å². The molecule has 2 N–H and O–H groups in total. The van der Waals surface area contributed by atoms with Gasteiger partial charge in [0.2, 0.25) is 0 Å². The van der Waals surface area contributed by atoms with Gasteiger partial charge in [0.15, 0.2) is 0 Å². The minimum atomic E-state index is 0.430. The van der Waals surface area contributed by atoms with Crippen molar-refractivity contribution in [2.45, 2.75) is 45.7 Å². The Morgan fingerprint density at radius 1 is 1.43 bits per heavy atom. The van der Waals surface area contributed by atoms with Crippen molar-refractivity contribution in [3.63, 3.8) is 0 Å². The van der Waals surface area contributed by atoms with Crippen LogP contribution in [0.25, 0.3) is 0 Å². The molecule has 0 atom stereocenters. The second-order valence-corrected chi connectivity index (χ2v) is 4.21. The highest BCUT2D eigenvalue weighted by Crippen LogP contribution is 2.28.